The van der Waals surface area contributed by atoms with E-state index in [4.69, 9.17) is 0 Å². The first kappa shape index (κ1) is 16.1. The number of carbonyl (C=O) groups excluding carboxylic acids is 2. The molecular formula is C18H22N4O3. The topological polar surface area (TPSA) is 89.5 Å². The minimum atomic E-state index is -0.687. The van der Waals surface area contributed by atoms with E-state index in [9.17, 15) is 14.7 Å². The summed E-state index contributed by atoms with van der Waals surface area (Å²) in [5.74, 6) is -0.765. The second kappa shape index (κ2) is 6.48. The van der Waals surface area contributed by atoms with E-state index in [-0.39, 0.29) is 18.4 Å². The van der Waals surface area contributed by atoms with Gasteiger partial charge in [0.25, 0.3) is 5.91 Å². The molecule has 2 amide bonds. The number of likely N-dealkylation sites (tertiary alicyclic amines) is 2. The van der Waals surface area contributed by atoms with Gasteiger partial charge in [-0.15, -0.1) is 0 Å². The molecule has 2 fully saturated rings. The number of H-pyrrole nitrogens is 1. The van der Waals surface area contributed by atoms with Crippen LogP contribution in [0.1, 0.15) is 29.8 Å². The van der Waals surface area contributed by atoms with Gasteiger partial charge in [-0.3, -0.25) is 14.7 Å². The lowest BCUT2D eigenvalue weighted by molar-refractivity contribution is -0.140. The van der Waals surface area contributed by atoms with Crippen LogP contribution in [0.4, 0.5) is 0 Å². The van der Waals surface area contributed by atoms with E-state index >= 15 is 0 Å². The number of rotatable bonds is 2. The molecule has 0 bridgehead atoms. The average molecular weight is 342 g/mol. The van der Waals surface area contributed by atoms with Crippen molar-refractivity contribution in [3.63, 3.8) is 0 Å². The summed E-state index contributed by atoms with van der Waals surface area (Å²) < 4.78 is 0. The van der Waals surface area contributed by atoms with E-state index in [0.717, 1.165) is 36.8 Å². The normalized spacial score (nSPS) is 24.0. The number of fused-ring (bicyclic) bond motifs is 1. The SMILES string of the molecule is O=C(c1n[nH]c2ccccc12)N1CC[C@@H](O)[C@@H](C(=O)N2CCCC2)C1. The molecule has 1 aromatic carbocycles. The maximum absolute atomic E-state index is 12.9. The molecule has 2 aliphatic heterocycles. The zero-order valence-corrected chi connectivity index (χ0v) is 14.0. The number of aromatic amines is 1. The van der Waals surface area contributed by atoms with Crippen LogP contribution in [0.25, 0.3) is 10.9 Å². The molecule has 0 spiro atoms. The van der Waals surface area contributed by atoms with Crippen molar-refractivity contribution in [1.82, 2.24) is 20.0 Å². The Balaban J connectivity index is 1.54. The van der Waals surface area contributed by atoms with Crippen LogP contribution in [0.2, 0.25) is 0 Å². The first-order chi connectivity index (χ1) is 12.1. The van der Waals surface area contributed by atoms with Crippen molar-refractivity contribution in [3.05, 3.63) is 30.0 Å². The number of hydrogen-bond acceptors (Lipinski definition) is 4. The Morgan fingerprint density at radius 1 is 1.12 bits per heavy atom. The number of piperidine rings is 1. The van der Waals surface area contributed by atoms with Gasteiger partial charge in [-0.2, -0.15) is 5.10 Å². The molecule has 132 valence electrons. The summed E-state index contributed by atoms with van der Waals surface area (Å²) >= 11 is 0. The number of nitrogens with one attached hydrogen (secondary N) is 1. The third kappa shape index (κ3) is 2.89. The molecule has 3 heterocycles. The minimum absolute atomic E-state index is 0.0330. The van der Waals surface area contributed by atoms with Crippen molar-refractivity contribution in [2.45, 2.75) is 25.4 Å². The van der Waals surface area contributed by atoms with E-state index in [1.54, 1.807) is 4.90 Å². The number of benzene rings is 1. The van der Waals surface area contributed by atoms with Crippen LogP contribution < -0.4 is 0 Å². The van der Waals surface area contributed by atoms with Crippen LogP contribution >= 0.6 is 0 Å². The molecule has 0 radical (unpaired) electrons. The van der Waals surface area contributed by atoms with Crippen LogP contribution in [-0.2, 0) is 4.79 Å². The largest absolute Gasteiger partial charge is 0.392 e. The summed E-state index contributed by atoms with van der Waals surface area (Å²) in [6, 6.07) is 7.49. The Morgan fingerprint density at radius 3 is 2.68 bits per heavy atom. The molecule has 2 atom stereocenters. The third-order valence-electron chi connectivity index (χ3n) is 5.27. The Morgan fingerprint density at radius 2 is 1.88 bits per heavy atom. The number of aromatic nitrogens is 2. The Kier molecular flexibility index (Phi) is 4.17. The Labute approximate surface area is 145 Å². The highest BCUT2D eigenvalue weighted by molar-refractivity contribution is 6.04. The van der Waals surface area contributed by atoms with E-state index in [1.165, 1.54) is 0 Å². The number of carbonyl (C=O) groups is 2. The van der Waals surface area contributed by atoms with Crippen LogP contribution in [0.5, 0.6) is 0 Å². The van der Waals surface area contributed by atoms with Gasteiger partial charge in [0.2, 0.25) is 5.91 Å². The van der Waals surface area contributed by atoms with Gasteiger partial charge in [0.1, 0.15) is 0 Å². The minimum Gasteiger partial charge on any atom is -0.392 e. The standard InChI is InChI=1S/C18H22N4O3/c23-15-7-10-22(11-13(15)17(24)21-8-3-4-9-21)18(25)16-12-5-1-2-6-14(12)19-20-16/h1-2,5-6,13,15,23H,3-4,7-11H2,(H,19,20)/t13-,15+/m0/s1. The fourth-order valence-electron chi connectivity index (χ4n) is 3.82. The van der Waals surface area contributed by atoms with Gasteiger partial charge >= 0.3 is 0 Å². The smallest absolute Gasteiger partial charge is 0.275 e. The maximum Gasteiger partial charge on any atom is 0.275 e. The molecule has 25 heavy (non-hydrogen) atoms. The van der Waals surface area contributed by atoms with Gasteiger partial charge in [-0.25, -0.2) is 0 Å². The highest BCUT2D eigenvalue weighted by Gasteiger charge is 2.38. The van der Waals surface area contributed by atoms with Crippen molar-refractivity contribution >= 4 is 22.7 Å². The van der Waals surface area contributed by atoms with Gasteiger partial charge in [0.05, 0.1) is 17.5 Å². The van der Waals surface area contributed by atoms with Crippen LogP contribution in [0.15, 0.2) is 24.3 Å². The summed E-state index contributed by atoms with van der Waals surface area (Å²) in [5.41, 5.74) is 1.19. The van der Waals surface area contributed by atoms with E-state index in [0.29, 0.717) is 18.7 Å². The first-order valence-electron chi connectivity index (χ1n) is 8.84. The summed E-state index contributed by atoms with van der Waals surface area (Å²) in [5, 5.41) is 18.1. The molecule has 0 saturated carbocycles. The summed E-state index contributed by atoms with van der Waals surface area (Å²) in [6.07, 6.45) is 1.75. The summed E-state index contributed by atoms with van der Waals surface area (Å²) in [7, 11) is 0. The quantitative estimate of drug-likeness (QED) is 0.852. The van der Waals surface area contributed by atoms with Gasteiger partial charge in [-0.1, -0.05) is 18.2 Å². The number of para-hydroxylation sites is 1. The van der Waals surface area contributed by atoms with Gasteiger partial charge in [0.15, 0.2) is 5.69 Å². The second-order valence-electron chi connectivity index (χ2n) is 6.86. The van der Waals surface area contributed by atoms with E-state index < -0.39 is 12.0 Å². The van der Waals surface area contributed by atoms with Crippen LogP contribution in [0, 0.1) is 5.92 Å². The zero-order valence-electron chi connectivity index (χ0n) is 14.0. The molecule has 2 saturated heterocycles. The molecule has 7 heteroatoms. The molecule has 7 nitrogen and oxygen atoms in total. The molecule has 0 unspecified atom stereocenters. The number of hydrogen-bond donors (Lipinski definition) is 2. The molecule has 4 rings (SSSR count). The van der Waals surface area contributed by atoms with Crippen molar-refractivity contribution in [1.29, 1.82) is 0 Å². The Bertz CT molecular complexity index is 796. The second-order valence-corrected chi connectivity index (χ2v) is 6.86. The fraction of sp³-hybridized carbons (Fsp3) is 0.500. The van der Waals surface area contributed by atoms with Crippen molar-refractivity contribution in [2.75, 3.05) is 26.2 Å². The van der Waals surface area contributed by atoms with Crippen molar-refractivity contribution in [3.8, 4) is 0 Å². The van der Waals surface area contributed by atoms with E-state index in [2.05, 4.69) is 10.2 Å². The molecular weight excluding hydrogens is 320 g/mol. The maximum atomic E-state index is 12.9. The zero-order chi connectivity index (χ0) is 17.4. The average Bonchev–Trinajstić information content (AvgIpc) is 3.31. The summed E-state index contributed by atoms with van der Waals surface area (Å²) in [6.45, 7) is 2.18. The number of aliphatic hydroxyl groups is 1. The molecule has 2 aliphatic rings. The first-order valence-corrected chi connectivity index (χ1v) is 8.84. The highest BCUT2D eigenvalue weighted by atomic mass is 16.3. The van der Waals surface area contributed by atoms with Crippen LogP contribution in [-0.4, -0.2) is 69.2 Å². The molecule has 0 aliphatic carbocycles. The molecule has 2 aromatic rings. The third-order valence-corrected chi connectivity index (χ3v) is 5.27. The monoisotopic (exact) mass is 342 g/mol. The predicted octanol–water partition coefficient (Wildman–Crippen LogP) is 1.01. The Hall–Kier alpha value is -2.41. The lowest BCUT2D eigenvalue weighted by Gasteiger charge is -2.36. The van der Waals surface area contributed by atoms with Gasteiger partial charge in [-0.05, 0) is 25.3 Å². The van der Waals surface area contributed by atoms with E-state index in [1.807, 2.05) is 29.2 Å². The van der Waals surface area contributed by atoms with Gasteiger partial charge in [0, 0.05) is 31.6 Å². The number of amides is 2. The fourth-order valence-corrected chi connectivity index (χ4v) is 3.82. The number of aliphatic hydroxyl groups excluding tert-OH is 1. The lowest BCUT2D eigenvalue weighted by Crippen LogP contribution is -2.52. The van der Waals surface area contributed by atoms with Gasteiger partial charge < -0.3 is 14.9 Å². The predicted molar refractivity (Wildman–Crippen MR) is 91.9 cm³/mol. The highest BCUT2D eigenvalue weighted by Crippen LogP contribution is 2.24. The molecule has 2 N–H and O–H groups in total. The van der Waals surface area contributed by atoms with Crippen molar-refractivity contribution < 1.29 is 14.7 Å². The summed E-state index contributed by atoms with van der Waals surface area (Å²) in [4.78, 5) is 29.0. The van der Waals surface area contributed by atoms with Crippen molar-refractivity contribution in [2.24, 2.45) is 5.92 Å². The molecule has 1 aromatic heterocycles. The number of nitrogens with zero attached hydrogens (tertiary/aromatic N) is 3. The lowest BCUT2D eigenvalue weighted by atomic mass is 9.93. The van der Waals surface area contributed by atoms with Crippen LogP contribution in [0.3, 0.4) is 0 Å².